The highest BCUT2D eigenvalue weighted by molar-refractivity contribution is 6.17. The van der Waals surface area contributed by atoms with E-state index in [1.165, 1.54) is 0 Å². The molecule has 0 atom stereocenters. The fourth-order valence-corrected chi connectivity index (χ4v) is 0.485. The van der Waals surface area contributed by atoms with Crippen molar-refractivity contribution < 1.29 is 9.47 Å². The molecule has 0 bridgehead atoms. The largest absolute Gasteiger partial charge is 0.355 e. The van der Waals surface area contributed by atoms with Crippen molar-refractivity contribution in [2.45, 2.75) is 13.3 Å². The van der Waals surface area contributed by atoms with Gasteiger partial charge in [-0.25, -0.2) is 0 Å². The van der Waals surface area contributed by atoms with Gasteiger partial charge in [-0.2, -0.15) is 0 Å². The summed E-state index contributed by atoms with van der Waals surface area (Å²) >= 11 is 5.33. The van der Waals surface area contributed by atoms with Gasteiger partial charge in [0, 0.05) is 12.5 Å². The average Bonchev–Trinajstić information content (AvgIpc) is 1.89. The summed E-state index contributed by atoms with van der Waals surface area (Å²) in [5.41, 5.74) is 0. The van der Waals surface area contributed by atoms with E-state index in [9.17, 15) is 0 Å². The van der Waals surface area contributed by atoms with Gasteiger partial charge in [0.15, 0.2) is 0 Å². The smallest absolute Gasteiger partial charge is 0.146 e. The topological polar surface area (TPSA) is 18.5 Å². The quantitative estimate of drug-likeness (QED) is 0.327. The van der Waals surface area contributed by atoms with E-state index in [0.29, 0.717) is 19.3 Å². The lowest BCUT2D eigenvalue weighted by Crippen LogP contribution is -2.02. The molecule has 0 aromatic rings. The van der Waals surface area contributed by atoms with Crippen LogP contribution >= 0.6 is 11.6 Å². The molecule has 0 amide bonds. The Hall–Kier alpha value is 0.210. The molecule has 0 fully saturated rings. The van der Waals surface area contributed by atoms with Crippen LogP contribution in [0.5, 0.6) is 0 Å². The highest BCUT2D eigenvalue weighted by Gasteiger charge is 1.83. The zero-order valence-electron chi connectivity index (χ0n) is 5.73. The van der Waals surface area contributed by atoms with E-state index in [2.05, 4.69) is 6.92 Å². The summed E-state index contributed by atoms with van der Waals surface area (Å²) in [5, 5.41) is 0. The number of rotatable bonds is 6. The summed E-state index contributed by atoms with van der Waals surface area (Å²) in [5.74, 6) is 0.537. The van der Waals surface area contributed by atoms with Crippen LogP contribution in [0.1, 0.15) is 13.3 Å². The van der Waals surface area contributed by atoms with Crippen LogP contribution in [0.2, 0.25) is 0 Å². The lowest BCUT2D eigenvalue weighted by Gasteiger charge is -2.00. The van der Waals surface area contributed by atoms with Crippen LogP contribution in [0.15, 0.2) is 0 Å². The molecule has 0 radical (unpaired) electrons. The van der Waals surface area contributed by atoms with Crippen molar-refractivity contribution in [1.29, 1.82) is 0 Å². The number of hydrogen-bond donors (Lipinski definition) is 0. The predicted octanol–water partition coefficient (Wildman–Crippen LogP) is 1.63. The number of halogens is 1. The predicted molar refractivity (Wildman–Crippen MR) is 37.8 cm³/mol. The molecule has 0 aliphatic rings. The van der Waals surface area contributed by atoms with Crippen molar-refractivity contribution in [3.8, 4) is 0 Å². The van der Waals surface area contributed by atoms with E-state index in [0.717, 1.165) is 13.0 Å². The second kappa shape index (κ2) is 8.21. The minimum Gasteiger partial charge on any atom is -0.355 e. The van der Waals surface area contributed by atoms with E-state index >= 15 is 0 Å². The molecule has 0 saturated heterocycles. The molecular weight excluding hydrogens is 140 g/mol. The fourth-order valence-electron chi connectivity index (χ4n) is 0.376. The molecule has 9 heavy (non-hydrogen) atoms. The third kappa shape index (κ3) is 8.21. The number of ether oxygens (including phenoxy) is 2. The van der Waals surface area contributed by atoms with Gasteiger partial charge in [0.25, 0.3) is 0 Å². The first-order valence-electron chi connectivity index (χ1n) is 3.13. The molecule has 0 unspecified atom stereocenters. The highest BCUT2D eigenvalue weighted by Crippen LogP contribution is 1.82. The first-order chi connectivity index (χ1) is 4.41. The van der Waals surface area contributed by atoms with E-state index < -0.39 is 0 Å². The molecular formula is C6H13ClO2. The summed E-state index contributed by atoms with van der Waals surface area (Å²) in [6.07, 6.45) is 1.03. The molecule has 0 aliphatic heterocycles. The summed E-state index contributed by atoms with van der Waals surface area (Å²) in [7, 11) is 0. The Morgan fingerprint density at radius 3 is 2.44 bits per heavy atom. The Balaban J connectivity index is 2.60. The van der Waals surface area contributed by atoms with Crippen LogP contribution < -0.4 is 0 Å². The van der Waals surface area contributed by atoms with Gasteiger partial charge < -0.3 is 9.47 Å². The van der Waals surface area contributed by atoms with Gasteiger partial charge in [0.1, 0.15) is 6.79 Å². The standard InChI is InChI=1S/C6H13ClO2/c1-2-4-8-6-9-5-3-7/h2-6H2,1H3. The van der Waals surface area contributed by atoms with E-state index in [-0.39, 0.29) is 0 Å². The molecule has 0 rings (SSSR count). The van der Waals surface area contributed by atoms with Crippen molar-refractivity contribution in [2.75, 3.05) is 25.9 Å². The first-order valence-corrected chi connectivity index (χ1v) is 3.66. The van der Waals surface area contributed by atoms with Crippen LogP contribution in [-0.4, -0.2) is 25.9 Å². The van der Waals surface area contributed by atoms with E-state index in [1.807, 2.05) is 0 Å². The third-order valence-corrected chi connectivity index (χ3v) is 0.891. The molecule has 0 saturated carbocycles. The SMILES string of the molecule is CCCOCOCCCl. The summed E-state index contributed by atoms with van der Waals surface area (Å²) in [6.45, 7) is 3.77. The fraction of sp³-hybridized carbons (Fsp3) is 1.00. The van der Waals surface area contributed by atoms with Crippen LogP contribution in [0.4, 0.5) is 0 Å². The molecule has 56 valence electrons. The Morgan fingerprint density at radius 2 is 1.89 bits per heavy atom. The third-order valence-electron chi connectivity index (χ3n) is 0.737. The average molecular weight is 153 g/mol. The molecule has 2 nitrogen and oxygen atoms in total. The Bertz CT molecular complexity index is 44.3. The van der Waals surface area contributed by atoms with Gasteiger partial charge in [-0.05, 0) is 6.42 Å². The second-order valence-electron chi connectivity index (χ2n) is 1.62. The van der Waals surface area contributed by atoms with Crippen molar-refractivity contribution in [3.05, 3.63) is 0 Å². The van der Waals surface area contributed by atoms with Crippen molar-refractivity contribution in [2.24, 2.45) is 0 Å². The summed E-state index contributed by atoms with van der Waals surface area (Å²) in [6, 6.07) is 0. The highest BCUT2D eigenvalue weighted by atomic mass is 35.5. The molecule has 0 aliphatic carbocycles. The number of alkyl halides is 1. The molecule has 0 heterocycles. The maximum Gasteiger partial charge on any atom is 0.146 e. The lowest BCUT2D eigenvalue weighted by atomic mass is 10.5. The Kier molecular flexibility index (Phi) is 8.40. The Labute approximate surface area is 61.1 Å². The minimum atomic E-state index is 0.376. The molecule has 0 N–H and O–H groups in total. The maximum absolute atomic E-state index is 5.33. The van der Waals surface area contributed by atoms with Crippen molar-refractivity contribution in [3.63, 3.8) is 0 Å². The van der Waals surface area contributed by atoms with Gasteiger partial charge in [0.2, 0.25) is 0 Å². The maximum atomic E-state index is 5.33. The van der Waals surface area contributed by atoms with E-state index in [1.54, 1.807) is 0 Å². The van der Waals surface area contributed by atoms with Gasteiger partial charge in [-0.1, -0.05) is 6.92 Å². The molecule has 0 aromatic heterocycles. The van der Waals surface area contributed by atoms with E-state index in [4.69, 9.17) is 21.1 Å². The van der Waals surface area contributed by atoms with Crippen LogP contribution in [-0.2, 0) is 9.47 Å². The zero-order chi connectivity index (χ0) is 6.95. The Morgan fingerprint density at radius 1 is 1.22 bits per heavy atom. The monoisotopic (exact) mass is 152 g/mol. The summed E-state index contributed by atoms with van der Waals surface area (Å²) in [4.78, 5) is 0. The lowest BCUT2D eigenvalue weighted by molar-refractivity contribution is -0.0482. The van der Waals surface area contributed by atoms with Gasteiger partial charge >= 0.3 is 0 Å². The van der Waals surface area contributed by atoms with Crippen LogP contribution in [0.25, 0.3) is 0 Å². The molecule has 0 aromatic carbocycles. The summed E-state index contributed by atoms with van der Waals surface area (Å²) < 4.78 is 9.93. The van der Waals surface area contributed by atoms with Crippen molar-refractivity contribution >= 4 is 11.6 Å². The van der Waals surface area contributed by atoms with Crippen LogP contribution in [0, 0.1) is 0 Å². The normalized spacial score (nSPS) is 10.0. The van der Waals surface area contributed by atoms with Crippen LogP contribution in [0.3, 0.4) is 0 Å². The minimum absolute atomic E-state index is 0.376. The first kappa shape index (κ1) is 9.21. The van der Waals surface area contributed by atoms with Crippen molar-refractivity contribution in [1.82, 2.24) is 0 Å². The molecule has 3 heteroatoms. The van der Waals surface area contributed by atoms with Gasteiger partial charge in [-0.3, -0.25) is 0 Å². The molecule has 0 spiro atoms. The second-order valence-corrected chi connectivity index (χ2v) is 2.00. The zero-order valence-corrected chi connectivity index (χ0v) is 6.49. The van der Waals surface area contributed by atoms with Gasteiger partial charge in [-0.15, -0.1) is 11.6 Å². The number of hydrogen-bond acceptors (Lipinski definition) is 2. The van der Waals surface area contributed by atoms with Gasteiger partial charge in [0.05, 0.1) is 6.61 Å².